The first-order valence-electron chi connectivity index (χ1n) is 7.57. The van der Waals surface area contributed by atoms with E-state index in [0.29, 0.717) is 6.42 Å². The predicted molar refractivity (Wildman–Crippen MR) is 81.9 cm³/mol. The molecule has 1 saturated carbocycles. The van der Waals surface area contributed by atoms with E-state index in [1.54, 1.807) is 0 Å². The number of carbonyl (C=O) groups excluding carboxylic acids is 1. The summed E-state index contributed by atoms with van der Waals surface area (Å²) in [6.07, 6.45) is 5.12. The molecule has 0 saturated heterocycles. The Hall–Kier alpha value is -1.35. The fraction of sp³-hybridized carbons (Fsp3) is 0.588. The first kappa shape index (κ1) is 15.0. The van der Waals surface area contributed by atoms with Crippen molar-refractivity contribution in [3.63, 3.8) is 0 Å². The number of hydrogen-bond donors (Lipinski definition) is 1. The van der Waals surface area contributed by atoms with Crippen LogP contribution < -0.4 is 4.90 Å². The second-order valence-electron chi connectivity index (χ2n) is 5.96. The lowest BCUT2D eigenvalue weighted by Crippen LogP contribution is -2.23. The maximum atomic E-state index is 12.2. The molecule has 0 bridgehead atoms. The van der Waals surface area contributed by atoms with Gasteiger partial charge in [0.25, 0.3) is 0 Å². The van der Waals surface area contributed by atoms with Crippen LogP contribution in [0, 0.1) is 5.92 Å². The van der Waals surface area contributed by atoms with Gasteiger partial charge in [0.05, 0.1) is 6.10 Å². The van der Waals surface area contributed by atoms with Gasteiger partial charge in [-0.2, -0.15) is 0 Å². The highest BCUT2D eigenvalue weighted by Crippen LogP contribution is 2.31. The van der Waals surface area contributed by atoms with E-state index < -0.39 is 6.10 Å². The molecule has 1 aromatic carbocycles. The second kappa shape index (κ2) is 6.89. The molecule has 0 aromatic heterocycles. The van der Waals surface area contributed by atoms with Crippen LogP contribution in [0.4, 0.5) is 5.69 Å². The molecule has 2 unspecified atom stereocenters. The number of aliphatic hydroxyl groups excluding tert-OH is 1. The van der Waals surface area contributed by atoms with Gasteiger partial charge in [0, 0.05) is 32.1 Å². The molecule has 1 aliphatic rings. The summed E-state index contributed by atoms with van der Waals surface area (Å²) >= 11 is 0. The molecule has 0 heterocycles. The molecule has 3 nitrogen and oxygen atoms in total. The third-order valence-corrected chi connectivity index (χ3v) is 4.23. The average molecular weight is 275 g/mol. The van der Waals surface area contributed by atoms with Crippen LogP contribution in [0.1, 0.15) is 50.2 Å². The summed E-state index contributed by atoms with van der Waals surface area (Å²) < 4.78 is 0. The van der Waals surface area contributed by atoms with E-state index in [2.05, 4.69) is 0 Å². The van der Waals surface area contributed by atoms with Gasteiger partial charge in [-0.3, -0.25) is 4.79 Å². The van der Waals surface area contributed by atoms with Gasteiger partial charge in [0.1, 0.15) is 5.78 Å². The molecule has 0 spiro atoms. The van der Waals surface area contributed by atoms with E-state index in [9.17, 15) is 9.90 Å². The second-order valence-corrected chi connectivity index (χ2v) is 5.96. The third kappa shape index (κ3) is 3.60. The van der Waals surface area contributed by atoms with Gasteiger partial charge in [-0.05, 0) is 30.5 Å². The Bertz CT molecular complexity index is 439. The Labute approximate surface area is 121 Å². The van der Waals surface area contributed by atoms with Crippen molar-refractivity contribution in [2.24, 2.45) is 5.92 Å². The van der Waals surface area contributed by atoms with Crippen LogP contribution in [-0.2, 0) is 4.79 Å². The molecule has 20 heavy (non-hydrogen) atoms. The number of anilines is 1. The molecule has 0 radical (unpaired) electrons. The molecule has 1 N–H and O–H groups in total. The van der Waals surface area contributed by atoms with Crippen LogP contribution in [0.25, 0.3) is 0 Å². The number of hydrogen-bond acceptors (Lipinski definition) is 3. The SMILES string of the molecule is CN(C)c1ccc(C(O)C2CCCCCCC2=O)cc1. The molecule has 2 atom stereocenters. The zero-order valence-corrected chi connectivity index (χ0v) is 12.5. The van der Waals surface area contributed by atoms with Crippen LogP contribution in [0.3, 0.4) is 0 Å². The predicted octanol–water partition coefficient (Wildman–Crippen LogP) is 3.33. The first-order chi connectivity index (χ1) is 9.59. The van der Waals surface area contributed by atoms with Crippen LogP contribution in [-0.4, -0.2) is 25.0 Å². The Morgan fingerprint density at radius 1 is 1.10 bits per heavy atom. The minimum absolute atomic E-state index is 0.222. The van der Waals surface area contributed by atoms with Crippen molar-refractivity contribution in [3.05, 3.63) is 29.8 Å². The van der Waals surface area contributed by atoms with Gasteiger partial charge in [0.2, 0.25) is 0 Å². The van der Waals surface area contributed by atoms with Gasteiger partial charge < -0.3 is 10.0 Å². The quantitative estimate of drug-likeness (QED) is 0.920. The van der Waals surface area contributed by atoms with Crippen molar-refractivity contribution in [2.45, 2.75) is 44.6 Å². The molecule has 3 heteroatoms. The smallest absolute Gasteiger partial charge is 0.138 e. The van der Waals surface area contributed by atoms with Gasteiger partial charge in [-0.15, -0.1) is 0 Å². The summed E-state index contributed by atoms with van der Waals surface area (Å²) in [5.41, 5.74) is 1.96. The lowest BCUT2D eigenvalue weighted by Gasteiger charge is -2.24. The van der Waals surface area contributed by atoms with Crippen molar-refractivity contribution in [1.29, 1.82) is 0 Å². The van der Waals surface area contributed by atoms with Gasteiger partial charge in [-0.1, -0.05) is 31.4 Å². The van der Waals surface area contributed by atoms with Crippen LogP contribution in [0.5, 0.6) is 0 Å². The Morgan fingerprint density at radius 2 is 1.75 bits per heavy atom. The highest BCUT2D eigenvalue weighted by atomic mass is 16.3. The molecule has 1 aliphatic carbocycles. The topological polar surface area (TPSA) is 40.5 Å². The Balaban J connectivity index is 2.11. The largest absolute Gasteiger partial charge is 0.388 e. The summed E-state index contributed by atoms with van der Waals surface area (Å²) in [6.45, 7) is 0. The molecule has 2 rings (SSSR count). The zero-order chi connectivity index (χ0) is 14.5. The van der Waals surface area contributed by atoms with Crippen LogP contribution in [0.15, 0.2) is 24.3 Å². The summed E-state index contributed by atoms with van der Waals surface area (Å²) in [4.78, 5) is 14.2. The van der Waals surface area contributed by atoms with Crippen molar-refractivity contribution in [1.82, 2.24) is 0 Å². The monoisotopic (exact) mass is 275 g/mol. The third-order valence-electron chi connectivity index (χ3n) is 4.23. The number of carbonyl (C=O) groups is 1. The molecule has 1 fully saturated rings. The normalized spacial score (nSPS) is 21.9. The fourth-order valence-electron chi connectivity index (χ4n) is 2.90. The van der Waals surface area contributed by atoms with Crippen LogP contribution >= 0.6 is 0 Å². The summed E-state index contributed by atoms with van der Waals surface area (Å²) in [7, 11) is 3.98. The minimum atomic E-state index is -0.656. The van der Waals surface area contributed by atoms with E-state index in [1.165, 1.54) is 6.42 Å². The molecule has 0 amide bonds. The molecule has 110 valence electrons. The average Bonchev–Trinajstić information content (AvgIpc) is 2.43. The molecular weight excluding hydrogens is 250 g/mol. The number of rotatable bonds is 3. The summed E-state index contributed by atoms with van der Waals surface area (Å²) in [5, 5.41) is 10.5. The molecular formula is C17H25NO2. The maximum absolute atomic E-state index is 12.2. The van der Waals surface area contributed by atoms with Gasteiger partial charge >= 0.3 is 0 Å². The summed E-state index contributed by atoms with van der Waals surface area (Å²) in [5.74, 6) is 0.00870. The molecule has 1 aromatic rings. The Kier molecular flexibility index (Phi) is 5.18. The van der Waals surface area contributed by atoms with Crippen molar-refractivity contribution in [2.75, 3.05) is 19.0 Å². The van der Waals surface area contributed by atoms with Gasteiger partial charge in [0.15, 0.2) is 0 Å². The van der Waals surface area contributed by atoms with Crippen molar-refractivity contribution >= 4 is 11.5 Å². The Morgan fingerprint density at radius 3 is 2.40 bits per heavy atom. The van der Waals surface area contributed by atoms with E-state index in [-0.39, 0.29) is 11.7 Å². The highest BCUT2D eigenvalue weighted by Gasteiger charge is 2.28. The van der Waals surface area contributed by atoms with E-state index in [4.69, 9.17) is 0 Å². The van der Waals surface area contributed by atoms with E-state index in [1.807, 2.05) is 43.3 Å². The number of nitrogens with zero attached hydrogens (tertiary/aromatic N) is 1. The van der Waals surface area contributed by atoms with Crippen molar-refractivity contribution in [3.8, 4) is 0 Å². The number of benzene rings is 1. The number of aliphatic hydroxyl groups is 1. The van der Waals surface area contributed by atoms with Gasteiger partial charge in [-0.25, -0.2) is 0 Å². The maximum Gasteiger partial charge on any atom is 0.138 e. The number of Topliss-reactive ketones (excluding diaryl/α,β-unsaturated/α-hetero) is 1. The highest BCUT2D eigenvalue weighted by molar-refractivity contribution is 5.81. The molecule has 0 aliphatic heterocycles. The fourth-order valence-corrected chi connectivity index (χ4v) is 2.90. The minimum Gasteiger partial charge on any atom is -0.388 e. The lowest BCUT2D eigenvalue weighted by molar-refractivity contribution is -0.127. The zero-order valence-electron chi connectivity index (χ0n) is 12.5. The number of ketones is 1. The van der Waals surface area contributed by atoms with Crippen molar-refractivity contribution < 1.29 is 9.90 Å². The standard InChI is InChI=1S/C17H25NO2/c1-18(2)14-11-9-13(10-12-14)17(20)15-7-5-3-4-6-8-16(15)19/h9-12,15,17,20H,3-8H2,1-2H3. The van der Waals surface area contributed by atoms with Crippen LogP contribution in [0.2, 0.25) is 0 Å². The summed E-state index contributed by atoms with van der Waals surface area (Å²) in [6, 6.07) is 7.86. The lowest BCUT2D eigenvalue weighted by atomic mass is 9.83. The van der Waals surface area contributed by atoms with E-state index >= 15 is 0 Å². The first-order valence-corrected chi connectivity index (χ1v) is 7.57. The van der Waals surface area contributed by atoms with E-state index in [0.717, 1.165) is 36.9 Å².